The van der Waals surface area contributed by atoms with Gasteiger partial charge in [0, 0.05) is 49.6 Å². The van der Waals surface area contributed by atoms with Crippen molar-refractivity contribution in [2.45, 2.75) is 18.8 Å². The molecule has 1 aliphatic heterocycles. The topological polar surface area (TPSA) is 71.2 Å². The average molecular weight is 321 g/mol. The minimum absolute atomic E-state index is 0.552. The summed E-state index contributed by atoms with van der Waals surface area (Å²) in [4.78, 5) is 6.35. The Hall–Kier alpha value is -2.70. The van der Waals surface area contributed by atoms with E-state index in [1.165, 1.54) is 12.8 Å². The summed E-state index contributed by atoms with van der Waals surface area (Å²) in [5.41, 5.74) is 1.97. The number of hydrogen-bond donors (Lipinski definition) is 1. The normalized spacial score (nSPS) is 17.9. The molecule has 1 N–H and O–H groups in total. The highest BCUT2D eigenvalue weighted by Crippen LogP contribution is 2.38. The van der Waals surface area contributed by atoms with Crippen molar-refractivity contribution in [2.75, 3.05) is 29.9 Å². The van der Waals surface area contributed by atoms with Crippen LogP contribution in [0.1, 0.15) is 24.6 Å². The Morgan fingerprint density at radius 2 is 1.88 bits per heavy atom. The summed E-state index contributed by atoms with van der Waals surface area (Å²) < 4.78 is 1.93. The number of aromatic nitrogens is 5. The largest absolute Gasteiger partial charge is 0.385 e. The van der Waals surface area contributed by atoms with Crippen molar-refractivity contribution in [3.05, 3.63) is 42.5 Å². The second-order valence-electron chi connectivity index (χ2n) is 6.68. The average Bonchev–Trinajstić information content (AvgIpc) is 3.34. The fraction of sp³-hybridized carbons (Fsp3) is 0.412. The van der Waals surface area contributed by atoms with Crippen LogP contribution in [0.2, 0.25) is 0 Å². The van der Waals surface area contributed by atoms with Crippen LogP contribution in [-0.4, -0.2) is 44.4 Å². The summed E-state index contributed by atoms with van der Waals surface area (Å²) in [6.07, 6.45) is 6.04. The van der Waals surface area contributed by atoms with E-state index in [0.717, 1.165) is 42.6 Å². The first-order chi connectivity index (χ1) is 11.9. The summed E-state index contributed by atoms with van der Waals surface area (Å²) in [5.74, 6) is 3.23. The molecule has 0 aromatic carbocycles. The molecule has 4 heterocycles. The molecule has 7 heteroatoms. The van der Waals surface area contributed by atoms with Crippen molar-refractivity contribution in [3.8, 4) is 0 Å². The molecule has 2 aliphatic rings. The summed E-state index contributed by atoms with van der Waals surface area (Å²) in [6.45, 7) is 3.03. The lowest BCUT2D eigenvalue weighted by atomic mass is 10.0. The molecule has 1 saturated heterocycles. The Morgan fingerprint density at radius 3 is 2.67 bits per heavy atom. The number of anilines is 2. The van der Waals surface area contributed by atoms with Crippen molar-refractivity contribution < 1.29 is 0 Å². The van der Waals surface area contributed by atoms with Gasteiger partial charge in [0.05, 0.1) is 0 Å². The van der Waals surface area contributed by atoms with Crippen molar-refractivity contribution in [1.82, 2.24) is 24.8 Å². The molecule has 122 valence electrons. The van der Waals surface area contributed by atoms with E-state index in [-0.39, 0.29) is 0 Å². The van der Waals surface area contributed by atoms with Gasteiger partial charge in [-0.3, -0.25) is 4.98 Å². The van der Waals surface area contributed by atoms with E-state index in [1.54, 1.807) is 0 Å². The van der Waals surface area contributed by atoms with Crippen LogP contribution in [-0.2, 0) is 0 Å². The monoisotopic (exact) mass is 321 g/mol. The van der Waals surface area contributed by atoms with Gasteiger partial charge < -0.3 is 10.2 Å². The van der Waals surface area contributed by atoms with Gasteiger partial charge in [0.15, 0.2) is 11.5 Å². The maximum Gasteiger partial charge on any atom is 0.178 e. The van der Waals surface area contributed by atoms with Crippen LogP contribution < -0.4 is 10.2 Å². The number of fused-ring (bicyclic) bond motifs is 1. The Bertz CT molecular complexity index is 850. The first-order valence-electron chi connectivity index (χ1n) is 8.48. The fourth-order valence-corrected chi connectivity index (χ4v) is 3.18. The molecule has 3 aromatic rings. The second kappa shape index (κ2) is 5.43. The van der Waals surface area contributed by atoms with Crippen molar-refractivity contribution in [2.24, 2.45) is 5.92 Å². The standard InChI is InChI=1S/C17H19N7/c1-2-13(1)17-21-20-15-3-4-16(22-24(15)17)23-10-12(11-23)9-19-14-5-7-18-8-6-14/h3-8,12-13H,1-2,9-11H2,(H,18,19). The second-order valence-corrected chi connectivity index (χ2v) is 6.68. The Kier molecular flexibility index (Phi) is 3.11. The van der Waals surface area contributed by atoms with Crippen LogP contribution in [0, 0.1) is 5.92 Å². The van der Waals surface area contributed by atoms with Crippen LogP contribution in [0.4, 0.5) is 11.5 Å². The van der Waals surface area contributed by atoms with E-state index in [1.807, 2.05) is 41.2 Å². The van der Waals surface area contributed by atoms with Crippen LogP contribution in [0.5, 0.6) is 0 Å². The lowest BCUT2D eigenvalue weighted by Gasteiger charge is -2.40. The third-order valence-corrected chi connectivity index (χ3v) is 4.77. The van der Waals surface area contributed by atoms with E-state index < -0.39 is 0 Å². The number of pyridine rings is 1. The van der Waals surface area contributed by atoms with Gasteiger partial charge in [-0.15, -0.1) is 15.3 Å². The van der Waals surface area contributed by atoms with Crippen LogP contribution >= 0.6 is 0 Å². The van der Waals surface area contributed by atoms with Gasteiger partial charge in [-0.05, 0) is 37.1 Å². The molecule has 0 unspecified atom stereocenters. The third kappa shape index (κ3) is 2.46. The van der Waals surface area contributed by atoms with E-state index in [9.17, 15) is 0 Å². The quantitative estimate of drug-likeness (QED) is 0.774. The van der Waals surface area contributed by atoms with Gasteiger partial charge in [-0.1, -0.05) is 0 Å². The predicted octanol–water partition coefficient (Wildman–Crippen LogP) is 1.94. The third-order valence-electron chi connectivity index (χ3n) is 4.77. The smallest absolute Gasteiger partial charge is 0.178 e. The van der Waals surface area contributed by atoms with Gasteiger partial charge in [0.1, 0.15) is 5.82 Å². The lowest BCUT2D eigenvalue weighted by molar-refractivity contribution is 0.425. The molecule has 0 bridgehead atoms. The highest BCUT2D eigenvalue weighted by Gasteiger charge is 2.31. The molecule has 1 aliphatic carbocycles. The number of rotatable bonds is 5. The van der Waals surface area contributed by atoms with E-state index in [4.69, 9.17) is 5.10 Å². The molecule has 3 aromatic heterocycles. The van der Waals surface area contributed by atoms with E-state index in [0.29, 0.717) is 11.8 Å². The molecular weight excluding hydrogens is 302 g/mol. The van der Waals surface area contributed by atoms with Crippen molar-refractivity contribution in [1.29, 1.82) is 0 Å². The molecular formula is C17H19N7. The van der Waals surface area contributed by atoms with Crippen LogP contribution in [0.15, 0.2) is 36.7 Å². The molecule has 0 amide bonds. The van der Waals surface area contributed by atoms with Crippen molar-refractivity contribution >= 4 is 17.2 Å². The zero-order valence-electron chi connectivity index (χ0n) is 13.3. The highest BCUT2D eigenvalue weighted by molar-refractivity contribution is 5.48. The van der Waals surface area contributed by atoms with E-state index in [2.05, 4.69) is 25.4 Å². The van der Waals surface area contributed by atoms with Gasteiger partial charge in [-0.2, -0.15) is 4.52 Å². The van der Waals surface area contributed by atoms with Crippen LogP contribution in [0.3, 0.4) is 0 Å². The molecule has 0 atom stereocenters. The summed E-state index contributed by atoms with van der Waals surface area (Å²) in [7, 11) is 0. The zero-order valence-corrected chi connectivity index (χ0v) is 13.3. The first kappa shape index (κ1) is 13.7. The molecule has 24 heavy (non-hydrogen) atoms. The Morgan fingerprint density at radius 1 is 1.04 bits per heavy atom. The molecule has 7 nitrogen and oxygen atoms in total. The summed E-state index contributed by atoms with van der Waals surface area (Å²) in [5, 5.41) is 16.7. The lowest BCUT2D eigenvalue weighted by Crippen LogP contribution is -2.50. The first-order valence-corrected chi connectivity index (χ1v) is 8.48. The van der Waals surface area contributed by atoms with Crippen molar-refractivity contribution in [3.63, 3.8) is 0 Å². The fourth-order valence-electron chi connectivity index (χ4n) is 3.18. The van der Waals surface area contributed by atoms with Gasteiger partial charge in [-0.25, -0.2) is 0 Å². The number of nitrogens with zero attached hydrogens (tertiary/aromatic N) is 6. The van der Waals surface area contributed by atoms with Gasteiger partial charge in [0.25, 0.3) is 0 Å². The van der Waals surface area contributed by atoms with E-state index >= 15 is 0 Å². The number of hydrogen-bond acceptors (Lipinski definition) is 6. The summed E-state index contributed by atoms with van der Waals surface area (Å²) in [6, 6.07) is 8.06. The predicted molar refractivity (Wildman–Crippen MR) is 91.2 cm³/mol. The van der Waals surface area contributed by atoms with Gasteiger partial charge >= 0.3 is 0 Å². The molecule has 5 rings (SSSR count). The zero-order chi connectivity index (χ0) is 15.9. The molecule has 0 spiro atoms. The van der Waals surface area contributed by atoms with Gasteiger partial charge in [0.2, 0.25) is 0 Å². The molecule has 2 fully saturated rings. The molecule has 0 radical (unpaired) electrons. The molecule has 1 saturated carbocycles. The SMILES string of the molecule is c1cc(NCC2CN(c3ccc4nnc(C5CC5)n4n3)C2)ccn1. The Balaban J connectivity index is 1.24. The van der Waals surface area contributed by atoms with Crippen LogP contribution in [0.25, 0.3) is 5.65 Å². The summed E-state index contributed by atoms with van der Waals surface area (Å²) >= 11 is 0. The highest BCUT2D eigenvalue weighted by atomic mass is 15.4. The maximum atomic E-state index is 4.76. The maximum absolute atomic E-state index is 4.76. The minimum atomic E-state index is 0.552. The number of nitrogens with one attached hydrogen (secondary N) is 1. The minimum Gasteiger partial charge on any atom is -0.385 e. The Labute approximate surface area is 139 Å².